The van der Waals surface area contributed by atoms with Crippen LogP contribution in [0.15, 0.2) is 30.3 Å². The van der Waals surface area contributed by atoms with E-state index in [0.717, 1.165) is 6.29 Å². The van der Waals surface area contributed by atoms with Crippen LogP contribution in [0, 0.1) is 0 Å². The van der Waals surface area contributed by atoms with Crippen LogP contribution in [0.25, 0.3) is 0 Å². The molecule has 1 aromatic rings. The SMILES string of the molecule is O=CCCCCC(=O)OOC(=O)c1ccccc1. The Kier molecular flexibility index (Phi) is 6.17. The van der Waals surface area contributed by atoms with Crippen molar-refractivity contribution in [2.75, 3.05) is 0 Å². The number of benzene rings is 1. The van der Waals surface area contributed by atoms with Crippen LogP contribution >= 0.6 is 0 Å². The fourth-order valence-corrected chi connectivity index (χ4v) is 1.25. The van der Waals surface area contributed by atoms with Crippen molar-refractivity contribution < 1.29 is 24.2 Å². The summed E-state index contributed by atoms with van der Waals surface area (Å²) in [7, 11) is 0. The van der Waals surface area contributed by atoms with E-state index in [2.05, 4.69) is 9.78 Å². The van der Waals surface area contributed by atoms with Gasteiger partial charge in [0.25, 0.3) is 0 Å². The number of hydrogen-bond donors (Lipinski definition) is 0. The smallest absolute Gasteiger partial charge is 0.303 e. The summed E-state index contributed by atoms with van der Waals surface area (Å²) < 4.78 is 0. The number of aldehydes is 1. The van der Waals surface area contributed by atoms with Crippen LogP contribution in [-0.2, 0) is 19.4 Å². The molecule has 1 aromatic carbocycles. The minimum Gasteiger partial charge on any atom is -0.303 e. The minimum atomic E-state index is -0.711. The zero-order chi connectivity index (χ0) is 13.2. The summed E-state index contributed by atoms with van der Waals surface area (Å²) in [5.74, 6) is -1.33. The van der Waals surface area contributed by atoms with Gasteiger partial charge >= 0.3 is 11.9 Å². The molecule has 0 aromatic heterocycles. The second-order valence-electron chi connectivity index (χ2n) is 3.60. The predicted octanol–water partition coefficient (Wildman–Crippen LogP) is 2.06. The Labute approximate surface area is 105 Å². The molecule has 0 aliphatic carbocycles. The summed E-state index contributed by atoms with van der Waals surface area (Å²) >= 11 is 0. The Hall–Kier alpha value is -2.17. The summed E-state index contributed by atoms with van der Waals surface area (Å²) in [5, 5.41) is 0. The van der Waals surface area contributed by atoms with E-state index >= 15 is 0 Å². The van der Waals surface area contributed by atoms with Gasteiger partial charge in [-0.1, -0.05) is 18.2 Å². The fraction of sp³-hybridized carbons (Fsp3) is 0.308. The van der Waals surface area contributed by atoms with Crippen LogP contribution in [0.5, 0.6) is 0 Å². The summed E-state index contributed by atoms with van der Waals surface area (Å²) in [6.45, 7) is 0. The highest BCUT2D eigenvalue weighted by Crippen LogP contribution is 2.04. The molecule has 0 heterocycles. The largest absolute Gasteiger partial charge is 0.386 e. The third kappa shape index (κ3) is 5.25. The van der Waals surface area contributed by atoms with Gasteiger partial charge in [-0.25, -0.2) is 19.4 Å². The molecule has 5 heteroatoms. The van der Waals surface area contributed by atoms with E-state index in [1.165, 1.54) is 0 Å². The van der Waals surface area contributed by atoms with Gasteiger partial charge < -0.3 is 4.79 Å². The van der Waals surface area contributed by atoms with E-state index in [0.29, 0.717) is 24.8 Å². The van der Waals surface area contributed by atoms with Crippen LogP contribution in [0.1, 0.15) is 36.0 Å². The topological polar surface area (TPSA) is 69.7 Å². The standard InChI is InChI=1S/C13H14O5/c14-10-6-2-5-9-12(15)17-18-13(16)11-7-3-1-4-8-11/h1,3-4,7-8,10H,2,5-6,9H2. The van der Waals surface area contributed by atoms with Crippen molar-refractivity contribution in [1.29, 1.82) is 0 Å². The molecule has 0 fully saturated rings. The molecule has 5 nitrogen and oxygen atoms in total. The molecule has 0 aliphatic heterocycles. The number of unbranched alkanes of at least 4 members (excludes halogenated alkanes) is 2. The van der Waals surface area contributed by atoms with Crippen LogP contribution in [0.2, 0.25) is 0 Å². The highest BCUT2D eigenvalue weighted by molar-refractivity contribution is 5.89. The Bertz CT molecular complexity index is 399. The second kappa shape index (κ2) is 8.00. The van der Waals surface area contributed by atoms with Gasteiger partial charge in [-0.05, 0) is 25.0 Å². The van der Waals surface area contributed by atoms with Crippen molar-refractivity contribution in [2.45, 2.75) is 25.7 Å². The fourth-order valence-electron chi connectivity index (χ4n) is 1.25. The lowest BCUT2D eigenvalue weighted by Gasteiger charge is -2.02. The first kappa shape index (κ1) is 13.9. The van der Waals surface area contributed by atoms with Crippen LogP contribution < -0.4 is 0 Å². The number of carbonyl (C=O) groups excluding carboxylic acids is 3. The molecule has 1 rings (SSSR count). The first-order chi connectivity index (χ1) is 8.74. The van der Waals surface area contributed by atoms with Crippen molar-refractivity contribution in [2.24, 2.45) is 0 Å². The van der Waals surface area contributed by atoms with E-state index < -0.39 is 11.9 Å². The first-order valence-electron chi connectivity index (χ1n) is 5.64. The molecule has 0 saturated carbocycles. The molecule has 0 saturated heterocycles. The zero-order valence-electron chi connectivity index (χ0n) is 9.83. The van der Waals surface area contributed by atoms with E-state index in [4.69, 9.17) is 0 Å². The Morgan fingerprint density at radius 3 is 2.44 bits per heavy atom. The maximum atomic E-state index is 11.4. The average Bonchev–Trinajstić information content (AvgIpc) is 2.42. The Balaban J connectivity index is 2.22. The van der Waals surface area contributed by atoms with E-state index in [1.54, 1.807) is 30.3 Å². The Morgan fingerprint density at radius 2 is 1.78 bits per heavy atom. The quantitative estimate of drug-likeness (QED) is 0.334. The molecular weight excluding hydrogens is 236 g/mol. The van der Waals surface area contributed by atoms with Gasteiger partial charge in [0.15, 0.2) is 0 Å². The number of carbonyl (C=O) groups is 3. The third-order valence-corrected chi connectivity index (χ3v) is 2.17. The molecule has 0 spiro atoms. The van der Waals surface area contributed by atoms with Crippen LogP contribution in [0.3, 0.4) is 0 Å². The van der Waals surface area contributed by atoms with Gasteiger partial charge in [0.1, 0.15) is 6.29 Å². The summed E-state index contributed by atoms with van der Waals surface area (Å²) in [6.07, 6.45) is 2.47. The lowest BCUT2D eigenvalue weighted by Crippen LogP contribution is -2.11. The highest BCUT2D eigenvalue weighted by atomic mass is 17.2. The second-order valence-corrected chi connectivity index (χ2v) is 3.60. The van der Waals surface area contributed by atoms with Gasteiger partial charge in [-0.15, -0.1) is 0 Å². The van der Waals surface area contributed by atoms with Crippen LogP contribution in [-0.4, -0.2) is 18.2 Å². The van der Waals surface area contributed by atoms with Crippen molar-refractivity contribution in [3.8, 4) is 0 Å². The highest BCUT2D eigenvalue weighted by Gasteiger charge is 2.11. The number of hydrogen-bond acceptors (Lipinski definition) is 5. The Morgan fingerprint density at radius 1 is 1.06 bits per heavy atom. The average molecular weight is 250 g/mol. The maximum absolute atomic E-state index is 11.4. The van der Waals surface area contributed by atoms with Gasteiger partial charge in [0.2, 0.25) is 0 Å². The van der Waals surface area contributed by atoms with E-state index in [9.17, 15) is 14.4 Å². The van der Waals surface area contributed by atoms with E-state index in [1.807, 2.05) is 0 Å². The molecule has 0 unspecified atom stereocenters. The molecule has 18 heavy (non-hydrogen) atoms. The molecule has 0 aliphatic rings. The maximum Gasteiger partial charge on any atom is 0.386 e. The monoisotopic (exact) mass is 250 g/mol. The van der Waals surface area contributed by atoms with Crippen molar-refractivity contribution in [3.05, 3.63) is 35.9 Å². The van der Waals surface area contributed by atoms with Gasteiger partial charge in [0, 0.05) is 6.42 Å². The molecule has 0 atom stereocenters. The molecule has 0 N–H and O–H groups in total. The van der Waals surface area contributed by atoms with Crippen LogP contribution in [0.4, 0.5) is 0 Å². The van der Waals surface area contributed by atoms with Gasteiger partial charge in [-0.2, -0.15) is 0 Å². The predicted molar refractivity (Wildman–Crippen MR) is 62.5 cm³/mol. The summed E-state index contributed by atoms with van der Waals surface area (Å²) in [4.78, 5) is 41.3. The first-order valence-corrected chi connectivity index (χ1v) is 5.64. The number of rotatable bonds is 6. The molecule has 96 valence electrons. The van der Waals surface area contributed by atoms with E-state index in [-0.39, 0.29) is 6.42 Å². The molecular formula is C13H14O5. The molecule has 0 bridgehead atoms. The lowest BCUT2D eigenvalue weighted by molar-refractivity contribution is -0.234. The minimum absolute atomic E-state index is 0.121. The summed E-state index contributed by atoms with van der Waals surface area (Å²) in [6, 6.07) is 8.23. The van der Waals surface area contributed by atoms with Crippen molar-refractivity contribution in [1.82, 2.24) is 0 Å². The van der Waals surface area contributed by atoms with Crippen molar-refractivity contribution >= 4 is 18.2 Å². The molecule has 0 amide bonds. The lowest BCUT2D eigenvalue weighted by atomic mass is 10.2. The van der Waals surface area contributed by atoms with Crippen molar-refractivity contribution in [3.63, 3.8) is 0 Å². The van der Waals surface area contributed by atoms with Gasteiger partial charge in [-0.3, -0.25) is 0 Å². The zero-order valence-corrected chi connectivity index (χ0v) is 9.83. The molecule has 0 radical (unpaired) electrons. The third-order valence-electron chi connectivity index (χ3n) is 2.17. The summed E-state index contributed by atoms with van der Waals surface area (Å²) in [5.41, 5.74) is 0.311. The van der Waals surface area contributed by atoms with Gasteiger partial charge in [0.05, 0.1) is 12.0 Å². The normalized spacial score (nSPS) is 9.56.